The van der Waals surface area contributed by atoms with Crippen LogP contribution in [0.5, 0.6) is 0 Å². The zero-order chi connectivity index (χ0) is 12.1. The number of anilines is 1. The maximum atomic E-state index is 12.0. The number of hydrogen-bond acceptors (Lipinski definition) is 4. The van der Waals surface area contributed by atoms with E-state index in [2.05, 4.69) is 4.72 Å². The molecule has 17 heavy (non-hydrogen) atoms. The van der Waals surface area contributed by atoms with E-state index in [1.54, 1.807) is 5.38 Å². The van der Waals surface area contributed by atoms with Crippen molar-refractivity contribution >= 4 is 27.0 Å². The molecule has 94 valence electrons. The number of hydrogen-bond donors (Lipinski definition) is 2. The predicted octanol–water partition coefficient (Wildman–Crippen LogP) is 1.80. The first-order valence-electron chi connectivity index (χ1n) is 5.86. The smallest absolute Gasteiger partial charge is 0.250 e. The highest BCUT2D eigenvalue weighted by Gasteiger charge is 2.53. The van der Waals surface area contributed by atoms with E-state index in [4.69, 9.17) is 5.73 Å². The minimum absolute atomic E-state index is 0.288. The second-order valence-electron chi connectivity index (χ2n) is 5.16. The van der Waals surface area contributed by atoms with Crippen molar-refractivity contribution in [3.8, 4) is 0 Å². The number of nitrogen functional groups attached to an aromatic ring is 1. The molecule has 2 fully saturated rings. The van der Waals surface area contributed by atoms with Gasteiger partial charge in [-0.1, -0.05) is 0 Å². The lowest BCUT2D eigenvalue weighted by molar-refractivity contribution is 0.432. The summed E-state index contributed by atoms with van der Waals surface area (Å²) in [4.78, 5) is 0. The largest absolute Gasteiger partial charge is 0.398 e. The van der Waals surface area contributed by atoms with E-state index in [0.717, 1.165) is 5.92 Å². The van der Waals surface area contributed by atoms with Crippen molar-refractivity contribution in [1.82, 2.24) is 4.72 Å². The van der Waals surface area contributed by atoms with Gasteiger partial charge in [-0.15, -0.1) is 11.3 Å². The van der Waals surface area contributed by atoms with E-state index < -0.39 is 10.0 Å². The average molecular weight is 272 g/mol. The van der Waals surface area contributed by atoms with Crippen LogP contribution >= 0.6 is 11.3 Å². The van der Waals surface area contributed by atoms with E-state index in [1.807, 2.05) is 0 Å². The van der Waals surface area contributed by atoms with Crippen LogP contribution in [0.3, 0.4) is 0 Å². The fourth-order valence-electron chi connectivity index (χ4n) is 2.37. The summed E-state index contributed by atoms with van der Waals surface area (Å²) in [6, 6.07) is 1.52. The third-order valence-electron chi connectivity index (χ3n) is 3.81. The molecule has 0 atom stereocenters. The fraction of sp³-hybridized carbons (Fsp3) is 0.636. The molecule has 0 amide bonds. The molecule has 0 spiro atoms. The van der Waals surface area contributed by atoms with Crippen molar-refractivity contribution in [2.75, 3.05) is 12.3 Å². The Morgan fingerprint density at radius 3 is 2.65 bits per heavy atom. The van der Waals surface area contributed by atoms with Crippen molar-refractivity contribution in [3.63, 3.8) is 0 Å². The Hall–Kier alpha value is -0.590. The van der Waals surface area contributed by atoms with E-state index in [1.165, 1.54) is 43.1 Å². The van der Waals surface area contributed by atoms with Gasteiger partial charge in [-0.2, -0.15) is 0 Å². The quantitative estimate of drug-likeness (QED) is 0.858. The standard InChI is InChI=1S/C11H16N2O2S2/c12-9-5-10(16-6-9)17(14,15)13-7-11(3-4-11)8-1-2-8/h5-6,8,13H,1-4,7,12H2. The lowest BCUT2D eigenvalue weighted by Crippen LogP contribution is -2.30. The predicted molar refractivity (Wildman–Crippen MR) is 68.3 cm³/mol. The Bertz CT molecular complexity index is 527. The molecule has 6 heteroatoms. The van der Waals surface area contributed by atoms with E-state index in [0.29, 0.717) is 16.4 Å². The highest BCUT2D eigenvalue weighted by atomic mass is 32.2. The van der Waals surface area contributed by atoms with Gasteiger partial charge in [0.2, 0.25) is 10.0 Å². The summed E-state index contributed by atoms with van der Waals surface area (Å²) in [6.07, 6.45) is 4.89. The molecular formula is C11H16N2O2S2. The highest BCUT2D eigenvalue weighted by Crippen LogP contribution is 2.60. The molecule has 1 heterocycles. The van der Waals surface area contributed by atoms with Crippen LogP contribution in [0.2, 0.25) is 0 Å². The SMILES string of the molecule is Nc1csc(S(=O)(=O)NCC2(C3CC3)CC2)c1. The number of sulfonamides is 1. The second kappa shape index (κ2) is 3.70. The molecular weight excluding hydrogens is 256 g/mol. The van der Waals surface area contributed by atoms with Crippen LogP contribution in [0.1, 0.15) is 25.7 Å². The summed E-state index contributed by atoms with van der Waals surface area (Å²) in [5.41, 5.74) is 6.35. The van der Waals surface area contributed by atoms with E-state index in [9.17, 15) is 8.42 Å². The van der Waals surface area contributed by atoms with Gasteiger partial charge in [0.15, 0.2) is 0 Å². The lowest BCUT2D eigenvalue weighted by atomic mass is 10.0. The number of rotatable bonds is 5. The molecule has 1 aromatic heterocycles. The van der Waals surface area contributed by atoms with Crippen LogP contribution < -0.4 is 10.5 Å². The Balaban J connectivity index is 1.68. The Morgan fingerprint density at radius 2 is 2.18 bits per heavy atom. The molecule has 0 bridgehead atoms. The first-order chi connectivity index (χ1) is 8.02. The topological polar surface area (TPSA) is 72.2 Å². The molecule has 3 rings (SSSR count). The first-order valence-corrected chi connectivity index (χ1v) is 8.22. The van der Waals surface area contributed by atoms with Gasteiger partial charge < -0.3 is 5.73 Å². The average Bonchev–Trinajstić information content (AvgIpc) is 3.15. The minimum atomic E-state index is -3.35. The van der Waals surface area contributed by atoms with Gasteiger partial charge in [0, 0.05) is 17.6 Å². The second-order valence-corrected chi connectivity index (χ2v) is 8.07. The Kier molecular flexibility index (Phi) is 2.50. The molecule has 0 aliphatic heterocycles. The fourth-order valence-corrected chi connectivity index (χ4v) is 4.63. The molecule has 2 saturated carbocycles. The van der Waals surface area contributed by atoms with Gasteiger partial charge in [0.25, 0.3) is 0 Å². The van der Waals surface area contributed by atoms with Crippen LogP contribution in [0.15, 0.2) is 15.7 Å². The summed E-state index contributed by atoms with van der Waals surface area (Å²) >= 11 is 1.18. The van der Waals surface area contributed by atoms with Gasteiger partial charge in [-0.3, -0.25) is 0 Å². The van der Waals surface area contributed by atoms with Gasteiger partial charge >= 0.3 is 0 Å². The normalized spacial score (nSPS) is 22.6. The summed E-state index contributed by atoms with van der Waals surface area (Å²) in [6.45, 7) is 0.595. The highest BCUT2D eigenvalue weighted by molar-refractivity contribution is 7.91. The summed E-state index contributed by atoms with van der Waals surface area (Å²) in [7, 11) is -3.35. The number of nitrogens with two attached hydrogens (primary N) is 1. The molecule has 3 N–H and O–H groups in total. The monoisotopic (exact) mass is 272 g/mol. The minimum Gasteiger partial charge on any atom is -0.398 e. The molecule has 0 aromatic carbocycles. The summed E-state index contributed by atoms with van der Waals surface area (Å²) in [5, 5.41) is 1.66. The van der Waals surface area contributed by atoms with Crippen LogP contribution in [0.25, 0.3) is 0 Å². The maximum Gasteiger partial charge on any atom is 0.250 e. The van der Waals surface area contributed by atoms with Crippen molar-refractivity contribution in [1.29, 1.82) is 0 Å². The zero-order valence-corrected chi connectivity index (χ0v) is 11.1. The molecule has 2 aliphatic rings. The molecule has 1 aromatic rings. The van der Waals surface area contributed by atoms with Gasteiger partial charge in [0.1, 0.15) is 4.21 Å². The molecule has 0 radical (unpaired) electrons. The van der Waals surface area contributed by atoms with Gasteiger partial charge in [-0.05, 0) is 43.1 Å². The first kappa shape index (κ1) is 11.5. The van der Waals surface area contributed by atoms with Crippen LogP contribution in [0, 0.1) is 11.3 Å². The van der Waals surface area contributed by atoms with Gasteiger partial charge in [0.05, 0.1) is 0 Å². The molecule has 0 unspecified atom stereocenters. The third-order valence-corrected chi connectivity index (χ3v) is 6.67. The van der Waals surface area contributed by atoms with Crippen LogP contribution in [-0.4, -0.2) is 15.0 Å². The Morgan fingerprint density at radius 1 is 1.47 bits per heavy atom. The lowest BCUT2D eigenvalue weighted by Gasteiger charge is -2.14. The van der Waals surface area contributed by atoms with Crippen molar-refractivity contribution < 1.29 is 8.42 Å². The van der Waals surface area contributed by atoms with E-state index >= 15 is 0 Å². The summed E-state index contributed by atoms with van der Waals surface area (Å²) in [5.74, 6) is 0.763. The maximum absolute atomic E-state index is 12.0. The van der Waals surface area contributed by atoms with Crippen molar-refractivity contribution in [2.24, 2.45) is 11.3 Å². The van der Waals surface area contributed by atoms with Crippen LogP contribution in [0.4, 0.5) is 5.69 Å². The van der Waals surface area contributed by atoms with Crippen LogP contribution in [-0.2, 0) is 10.0 Å². The molecule has 2 aliphatic carbocycles. The number of nitrogens with one attached hydrogen (secondary N) is 1. The molecule has 4 nitrogen and oxygen atoms in total. The van der Waals surface area contributed by atoms with Crippen molar-refractivity contribution in [2.45, 2.75) is 29.9 Å². The molecule has 0 saturated heterocycles. The van der Waals surface area contributed by atoms with Crippen molar-refractivity contribution in [3.05, 3.63) is 11.4 Å². The Labute approximate surface area is 105 Å². The van der Waals surface area contributed by atoms with E-state index in [-0.39, 0.29) is 5.41 Å². The number of thiophene rings is 1. The van der Waals surface area contributed by atoms with Gasteiger partial charge in [-0.25, -0.2) is 13.1 Å². The summed E-state index contributed by atoms with van der Waals surface area (Å²) < 4.78 is 27.1. The third kappa shape index (κ3) is 2.21. The zero-order valence-electron chi connectivity index (χ0n) is 9.48.